The largest absolute Gasteiger partial charge is 0.471 e. The molecule has 3 aromatic rings. The minimum absolute atomic E-state index is 0.137. The van der Waals surface area contributed by atoms with Gasteiger partial charge in [-0.1, -0.05) is 30.3 Å². The molecule has 2 aromatic carbocycles. The number of aromatic nitrogens is 2. The summed E-state index contributed by atoms with van der Waals surface area (Å²) in [6, 6.07) is 17.2. The summed E-state index contributed by atoms with van der Waals surface area (Å²) in [6.07, 6.45) is 1.77. The standard InChI is InChI=1S/C24H21N3O6S/c28-22-23(29)33-24(32-22)19(16-9-11-27(24)12-10-16)20-21(26-34-25-20)30-14-15-5-4-8-18(13-15)31-17-6-2-1-3-7-17/h1-8,13,16,19H,9-12,14H2. The Bertz CT molecular complexity index is 1210. The van der Waals surface area contributed by atoms with Crippen molar-refractivity contribution >= 4 is 23.7 Å². The van der Waals surface area contributed by atoms with Gasteiger partial charge in [0.15, 0.2) is 0 Å². The maximum atomic E-state index is 12.0. The van der Waals surface area contributed by atoms with Crippen LogP contribution < -0.4 is 9.47 Å². The zero-order chi connectivity index (χ0) is 23.1. The van der Waals surface area contributed by atoms with E-state index in [1.54, 1.807) is 0 Å². The molecule has 4 saturated heterocycles. The van der Waals surface area contributed by atoms with E-state index in [2.05, 4.69) is 8.75 Å². The Kier molecular flexibility index (Phi) is 5.19. The number of carbonyl (C=O) groups is 2. The molecule has 2 bridgehead atoms. The van der Waals surface area contributed by atoms with Crippen molar-refractivity contribution in [1.29, 1.82) is 0 Å². The third-order valence-corrected chi connectivity index (χ3v) is 7.04. The van der Waals surface area contributed by atoms with Crippen molar-refractivity contribution in [3.8, 4) is 17.4 Å². The van der Waals surface area contributed by atoms with E-state index in [-0.39, 0.29) is 12.5 Å². The Balaban J connectivity index is 1.23. The summed E-state index contributed by atoms with van der Waals surface area (Å²) in [5, 5.41) is 0. The van der Waals surface area contributed by atoms with Crippen molar-refractivity contribution in [2.45, 2.75) is 31.3 Å². The van der Waals surface area contributed by atoms with Gasteiger partial charge in [-0.3, -0.25) is 0 Å². The zero-order valence-electron chi connectivity index (χ0n) is 18.1. The van der Waals surface area contributed by atoms with Crippen molar-refractivity contribution in [3.05, 3.63) is 65.9 Å². The van der Waals surface area contributed by atoms with Crippen LogP contribution >= 0.6 is 11.7 Å². The predicted octanol–water partition coefficient (Wildman–Crippen LogP) is 3.47. The summed E-state index contributed by atoms with van der Waals surface area (Å²) in [5.74, 6) is -1.92. The molecule has 0 radical (unpaired) electrons. The molecule has 1 aromatic heterocycles. The van der Waals surface area contributed by atoms with Gasteiger partial charge < -0.3 is 18.9 Å². The number of carbonyl (C=O) groups excluding carboxylic acids is 2. The Hall–Kier alpha value is -3.50. The van der Waals surface area contributed by atoms with E-state index in [0.717, 1.165) is 35.9 Å². The van der Waals surface area contributed by atoms with Crippen LogP contribution in [0.3, 0.4) is 0 Å². The van der Waals surface area contributed by atoms with Gasteiger partial charge in [0.2, 0.25) is 5.88 Å². The number of ether oxygens (including phenoxy) is 4. The fourth-order valence-electron chi connectivity index (χ4n) is 5.01. The Labute approximate surface area is 199 Å². The van der Waals surface area contributed by atoms with Gasteiger partial charge in [-0.05, 0) is 48.6 Å². The van der Waals surface area contributed by atoms with Gasteiger partial charge in [-0.25, -0.2) is 14.5 Å². The molecular formula is C24H21N3O6S. The number of piperidine rings is 3. The van der Waals surface area contributed by atoms with Gasteiger partial charge in [-0.2, -0.15) is 4.37 Å². The van der Waals surface area contributed by atoms with Gasteiger partial charge in [-0.15, -0.1) is 4.37 Å². The van der Waals surface area contributed by atoms with Crippen molar-refractivity contribution in [2.75, 3.05) is 13.1 Å². The maximum Gasteiger partial charge on any atom is 0.421 e. The van der Waals surface area contributed by atoms with Crippen molar-refractivity contribution in [3.63, 3.8) is 0 Å². The Morgan fingerprint density at radius 3 is 2.47 bits per heavy atom. The highest BCUT2D eigenvalue weighted by Gasteiger charge is 2.66. The molecule has 1 spiro atoms. The van der Waals surface area contributed by atoms with E-state index >= 15 is 0 Å². The second-order valence-corrected chi connectivity index (χ2v) is 9.05. The van der Waals surface area contributed by atoms with Crippen LogP contribution in [0.4, 0.5) is 0 Å². The average Bonchev–Trinajstić information content (AvgIpc) is 3.43. The summed E-state index contributed by atoms with van der Waals surface area (Å²) in [7, 11) is 0. The molecule has 0 aliphatic carbocycles. The molecule has 34 heavy (non-hydrogen) atoms. The van der Waals surface area contributed by atoms with E-state index in [4.69, 9.17) is 18.9 Å². The molecule has 4 aliphatic rings. The number of rotatable bonds is 6. The lowest BCUT2D eigenvalue weighted by Crippen LogP contribution is -2.64. The molecule has 7 rings (SSSR count). The topological polar surface area (TPSA) is 100 Å². The summed E-state index contributed by atoms with van der Waals surface area (Å²) in [5.41, 5.74) is 1.45. The first-order valence-corrected chi connectivity index (χ1v) is 11.8. The third-order valence-electron chi connectivity index (χ3n) is 6.52. The maximum absolute atomic E-state index is 12.0. The van der Waals surface area contributed by atoms with Crippen molar-refractivity contribution in [2.24, 2.45) is 5.92 Å². The summed E-state index contributed by atoms with van der Waals surface area (Å²) in [4.78, 5) is 25.9. The highest BCUT2D eigenvalue weighted by Crippen LogP contribution is 2.54. The molecule has 174 valence electrons. The molecule has 5 heterocycles. The predicted molar refractivity (Wildman–Crippen MR) is 119 cm³/mol. The second kappa shape index (κ2) is 8.37. The first-order chi connectivity index (χ1) is 16.6. The highest BCUT2D eigenvalue weighted by molar-refractivity contribution is 6.99. The first-order valence-electron chi connectivity index (χ1n) is 11.1. The normalized spacial score (nSPS) is 24.6. The molecule has 4 fully saturated rings. The highest BCUT2D eigenvalue weighted by atomic mass is 32.1. The number of hydrogen-bond acceptors (Lipinski definition) is 10. The molecule has 0 N–H and O–H groups in total. The lowest BCUT2D eigenvalue weighted by Gasteiger charge is -2.52. The zero-order valence-corrected chi connectivity index (χ0v) is 18.9. The van der Waals surface area contributed by atoms with E-state index < -0.39 is 23.8 Å². The van der Waals surface area contributed by atoms with E-state index in [1.165, 1.54) is 0 Å². The summed E-state index contributed by atoms with van der Waals surface area (Å²) >= 11 is 1.02. The fraction of sp³-hybridized carbons (Fsp3) is 0.333. The minimum atomic E-state index is -1.47. The summed E-state index contributed by atoms with van der Waals surface area (Å²) < 4.78 is 31.9. The molecule has 4 aliphatic heterocycles. The van der Waals surface area contributed by atoms with Crippen molar-refractivity contribution < 1.29 is 28.5 Å². The quantitative estimate of drug-likeness (QED) is 0.389. The van der Waals surface area contributed by atoms with Crippen LogP contribution in [-0.2, 0) is 25.7 Å². The molecule has 0 amide bonds. The SMILES string of the molecule is O=C1OC2(OC1=O)C(c1nsnc1OCc1cccc(Oc3ccccc3)c1)C1CCN2CC1. The minimum Gasteiger partial charge on any atom is -0.471 e. The van der Waals surface area contributed by atoms with Crippen LogP contribution in [0.1, 0.15) is 30.0 Å². The average molecular weight is 480 g/mol. The fourth-order valence-corrected chi connectivity index (χ4v) is 5.55. The van der Waals surface area contributed by atoms with Crippen LogP contribution in [0.15, 0.2) is 54.6 Å². The number of esters is 2. The number of fused-ring (bicyclic) bond motifs is 2. The van der Waals surface area contributed by atoms with Crippen LogP contribution in [0.5, 0.6) is 17.4 Å². The lowest BCUT2D eigenvalue weighted by atomic mass is 9.74. The molecular weight excluding hydrogens is 458 g/mol. The molecule has 9 nitrogen and oxygen atoms in total. The van der Waals surface area contributed by atoms with Gasteiger partial charge >= 0.3 is 17.8 Å². The number of hydrogen-bond donors (Lipinski definition) is 0. The van der Waals surface area contributed by atoms with Crippen LogP contribution in [0.2, 0.25) is 0 Å². The first kappa shape index (κ1) is 21.1. The molecule has 1 unspecified atom stereocenters. The molecule has 1 atom stereocenters. The molecule has 0 saturated carbocycles. The number of nitrogens with zero attached hydrogens (tertiary/aromatic N) is 3. The van der Waals surface area contributed by atoms with Gasteiger partial charge in [0.25, 0.3) is 0 Å². The number of para-hydroxylation sites is 1. The van der Waals surface area contributed by atoms with Gasteiger partial charge in [0.1, 0.15) is 29.7 Å². The number of benzene rings is 2. The van der Waals surface area contributed by atoms with E-state index in [0.29, 0.717) is 30.4 Å². The Morgan fingerprint density at radius 1 is 0.971 bits per heavy atom. The molecule has 10 heteroatoms. The van der Waals surface area contributed by atoms with Crippen LogP contribution in [0, 0.1) is 5.92 Å². The van der Waals surface area contributed by atoms with E-state index in [9.17, 15) is 9.59 Å². The Morgan fingerprint density at radius 2 is 1.71 bits per heavy atom. The van der Waals surface area contributed by atoms with E-state index in [1.807, 2.05) is 59.5 Å². The monoisotopic (exact) mass is 479 g/mol. The van der Waals surface area contributed by atoms with Crippen LogP contribution in [0.25, 0.3) is 0 Å². The van der Waals surface area contributed by atoms with Gasteiger partial charge in [0, 0.05) is 13.1 Å². The third kappa shape index (κ3) is 3.59. The summed E-state index contributed by atoms with van der Waals surface area (Å²) in [6.45, 7) is 1.62. The lowest BCUT2D eigenvalue weighted by molar-refractivity contribution is -0.299. The smallest absolute Gasteiger partial charge is 0.421 e. The second-order valence-electron chi connectivity index (χ2n) is 8.52. The van der Waals surface area contributed by atoms with Crippen LogP contribution in [-0.4, -0.2) is 44.6 Å². The van der Waals surface area contributed by atoms with Crippen molar-refractivity contribution in [1.82, 2.24) is 13.6 Å². The van der Waals surface area contributed by atoms with Gasteiger partial charge in [0.05, 0.1) is 11.7 Å².